The number of sulfone groups is 1. The summed E-state index contributed by atoms with van der Waals surface area (Å²) < 4.78 is 28.0. The van der Waals surface area contributed by atoms with Crippen LogP contribution in [-0.4, -0.2) is 35.6 Å². The summed E-state index contributed by atoms with van der Waals surface area (Å²) in [5.74, 6) is 0.807. The second kappa shape index (κ2) is 11.0. The van der Waals surface area contributed by atoms with Gasteiger partial charge >= 0.3 is 5.97 Å². The Labute approximate surface area is 227 Å². The van der Waals surface area contributed by atoms with Crippen molar-refractivity contribution >= 4 is 21.6 Å². The molecule has 2 aliphatic carbocycles. The van der Waals surface area contributed by atoms with Crippen LogP contribution in [0.2, 0.25) is 0 Å². The first-order chi connectivity index (χ1) is 17.8. The molecule has 4 rings (SSSR count). The van der Waals surface area contributed by atoms with Gasteiger partial charge < -0.3 is 9.67 Å². The molecule has 1 saturated carbocycles. The van der Waals surface area contributed by atoms with E-state index in [2.05, 4.69) is 27.7 Å². The van der Waals surface area contributed by atoms with Gasteiger partial charge in [-0.3, -0.25) is 9.59 Å². The molecule has 2 aromatic rings. The minimum absolute atomic E-state index is 0.0228. The minimum Gasteiger partial charge on any atom is -0.480 e. The van der Waals surface area contributed by atoms with Gasteiger partial charge in [-0.25, -0.2) is 8.42 Å². The lowest BCUT2D eigenvalue weighted by Crippen LogP contribution is -2.24. The molecule has 7 heteroatoms. The topological polar surface area (TPSA) is 93.4 Å². The van der Waals surface area contributed by atoms with Gasteiger partial charge in [0.05, 0.1) is 10.6 Å². The van der Waals surface area contributed by atoms with Gasteiger partial charge in [0.1, 0.15) is 6.54 Å². The van der Waals surface area contributed by atoms with Crippen LogP contribution in [0.5, 0.6) is 0 Å². The van der Waals surface area contributed by atoms with Crippen LogP contribution in [0, 0.1) is 30.1 Å². The molecule has 0 radical (unpaired) electrons. The summed E-state index contributed by atoms with van der Waals surface area (Å²) in [6.07, 6.45) is 7.63. The molecule has 1 heterocycles. The molecule has 1 aromatic heterocycles. The van der Waals surface area contributed by atoms with Gasteiger partial charge in [0.2, 0.25) is 0 Å². The van der Waals surface area contributed by atoms with E-state index in [9.17, 15) is 23.1 Å². The van der Waals surface area contributed by atoms with E-state index in [1.807, 2.05) is 6.92 Å². The van der Waals surface area contributed by atoms with Gasteiger partial charge in [-0.2, -0.15) is 0 Å². The third kappa shape index (κ3) is 6.24. The standard InChI is InChI=1S/C31H43NO5S/c1-20-6-7-23(17-21(2)16-20)13-15-38(36,37)25-10-8-24(9-11-25)30(35)29-22(3)32(19-28(33)34)27-12-14-31(4,5)18-26(27)29/h8-11,20-21,23H,6-7,12-19H2,1-5H3,(H,33,34). The SMILES string of the molecule is Cc1c(C(=O)c2ccc(S(=O)(=O)CCC3CCC(C)CC(C)C3)cc2)c2c(n1CC(=O)O)CCC(C)(C)C2. The molecule has 2 aliphatic rings. The largest absolute Gasteiger partial charge is 0.480 e. The van der Waals surface area contributed by atoms with Gasteiger partial charge in [0, 0.05) is 22.5 Å². The zero-order valence-electron chi connectivity index (χ0n) is 23.5. The van der Waals surface area contributed by atoms with Crippen molar-refractivity contribution in [3.63, 3.8) is 0 Å². The van der Waals surface area contributed by atoms with Crippen molar-refractivity contribution in [3.05, 3.63) is 52.3 Å². The Morgan fingerprint density at radius 2 is 1.74 bits per heavy atom. The average Bonchev–Trinajstić information content (AvgIpc) is 2.96. The van der Waals surface area contributed by atoms with E-state index in [0.29, 0.717) is 47.4 Å². The van der Waals surface area contributed by atoms with Crippen LogP contribution in [-0.2, 0) is 34.0 Å². The van der Waals surface area contributed by atoms with Crippen LogP contribution in [0.4, 0.5) is 0 Å². The Kier molecular flexibility index (Phi) is 8.27. The first kappa shape index (κ1) is 28.6. The minimum atomic E-state index is -3.44. The average molecular weight is 542 g/mol. The number of aliphatic carboxylic acids is 1. The number of carboxylic acids is 1. The Morgan fingerprint density at radius 3 is 2.39 bits per heavy atom. The number of carboxylic acid groups (broad SMARTS) is 1. The smallest absolute Gasteiger partial charge is 0.323 e. The quantitative estimate of drug-likeness (QED) is 0.315. The fourth-order valence-electron chi connectivity index (χ4n) is 6.78. The molecule has 38 heavy (non-hydrogen) atoms. The van der Waals surface area contributed by atoms with Crippen molar-refractivity contribution in [2.24, 2.45) is 23.2 Å². The Bertz CT molecular complexity index is 1300. The number of hydrogen-bond donors (Lipinski definition) is 1. The van der Waals surface area contributed by atoms with E-state index in [4.69, 9.17) is 0 Å². The summed E-state index contributed by atoms with van der Waals surface area (Å²) in [5.41, 5.74) is 3.57. The molecule has 0 aliphatic heterocycles. The third-order valence-corrected chi connectivity index (χ3v) is 10.6. The molecule has 0 spiro atoms. The van der Waals surface area contributed by atoms with Crippen molar-refractivity contribution in [2.45, 2.75) is 97.4 Å². The molecule has 0 amide bonds. The van der Waals surface area contributed by atoms with Crippen molar-refractivity contribution in [2.75, 3.05) is 5.75 Å². The number of benzene rings is 1. The number of aromatic nitrogens is 1. The first-order valence-corrected chi connectivity index (χ1v) is 15.7. The van der Waals surface area contributed by atoms with Crippen LogP contribution in [0.15, 0.2) is 29.2 Å². The molecule has 0 saturated heterocycles. The van der Waals surface area contributed by atoms with Gasteiger partial charge in [-0.15, -0.1) is 0 Å². The highest BCUT2D eigenvalue weighted by Gasteiger charge is 2.34. The lowest BCUT2D eigenvalue weighted by atomic mass is 9.75. The summed E-state index contributed by atoms with van der Waals surface area (Å²) in [5, 5.41) is 9.47. The predicted octanol–water partition coefficient (Wildman–Crippen LogP) is 6.25. The van der Waals surface area contributed by atoms with Crippen molar-refractivity contribution in [1.82, 2.24) is 4.57 Å². The van der Waals surface area contributed by atoms with E-state index in [0.717, 1.165) is 36.9 Å². The summed E-state index contributed by atoms with van der Waals surface area (Å²) in [6, 6.07) is 6.33. The third-order valence-electron chi connectivity index (χ3n) is 8.84. The Hall–Kier alpha value is -2.41. The molecule has 1 aromatic carbocycles. The van der Waals surface area contributed by atoms with Crippen LogP contribution < -0.4 is 0 Å². The number of ketones is 1. The zero-order valence-corrected chi connectivity index (χ0v) is 24.4. The first-order valence-electron chi connectivity index (χ1n) is 14.1. The van der Waals surface area contributed by atoms with Gasteiger partial charge in [-0.1, -0.05) is 40.5 Å². The van der Waals surface area contributed by atoms with Crippen molar-refractivity contribution in [1.29, 1.82) is 0 Å². The van der Waals surface area contributed by atoms with Crippen LogP contribution >= 0.6 is 0 Å². The molecular weight excluding hydrogens is 498 g/mol. The maximum Gasteiger partial charge on any atom is 0.323 e. The number of hydrogen-bond acceptors (Lipinski definition) is 4. The fraction of sp³-hybridized carbons (Fsp3) is 0.613. The van der Waals surface area contributed by atoms with E-state index >= 15 is 0 Å². The number of nitrogens with zero attached hydrogens (tertiary/aromatic N) is 1. The second-order valence-electron chi connectivity index (χ2n) is 12.8. The van der Waals surface area contributed by atoms with Crippen LogP contribution in [0.3, 0.4) is 0 Å². The molecule has 3 atom stereocenters. The number of fused-ring (bicyclic) bond motifs is 1. The molecule has 208 valence electrons. The van der Waals surface area contributed by atoms with Crippen LogP contribution in [0.25, 0.3) is 0 Å². The zero-order chi connectivity index (χ0) is 27.8. The molecule has 1 N–H and O–H groups in total. The van der Waals surface area contributed by atoms with Crippen LogP contribution in [0.1, 0.15) is 99.1 Å². The Morgan fingerprint density at radius 1 is 1.05 bits per heavy atom. The maximum atomic E-state index is 13.7. The van der Waals surface area contributed by atoms with E-state index in [-0.39, 0.29) is 28.4 Å². The normalized spacial score (nSPS) is 23.4. The lowest BCUT2D eigenvalue weighted by molar-refractivity contribution is -0.137. The molecule has 0 bridgehead atoms. The Balaban J connectivity index is 1.54. The van der Waals surface area contributed by atoms with Gasteiger partial charge in [0.15, 0.2) is 15.6 Å². The molecular formula is C31H43NO5S. The van der Waals surface area contributed by atoms with Gasteiger partial charge in [0.25, 0.3) is 0 Å². The predicted molar refractivity (Wildman–Crippen MR) is 149 cm³/mol. The molecule has 1 fully saturated rings. The summed E-state index contributed by atoms with van der Waals surface area (Å²) in [6.45, 7) is 10.5. The number of carbonyl (C=O) groups excluding carboxylic acids is 1. The maximum absolute atomic E-state index is 13.7. The highest BCUT2D eigenvalue weighted by molar-refractivity contribution is 7.91. The van der Waals surface area contributed by atoms with Gasteiger partial charge in [-0.05, 0) is 98.4 Å². The second-order valence-corrected chi connectivity index (χ2v) is 14.9. The van der Waals surface area contributed by atoms with Crippen molar-refractivity contribution in [3.8, 4) is 0 Å². The molecule has 3 unspecified atom stereocenters. The van der Waals surface area contributed by atoms with E-state index in [1.165, 1.54) is 12.8 Å². The number of carbonyl (C=O) groups is 2. The highest BCUT2D eigenvalue weighted by atomic mass is 32.2. The van der Waals surface area contributed by atoms with E-state index in [1.54, 1.807) is 28.8 Å². The highest BCUT2D eigenvalue weighted by Crippen LogP contribution is 2.40. The summed E-state index contributed by atoms with van der Waals surface area (Å²) in [4.78, 5) is 25.5. The van der Waals surface area contributed by atoms with E-state index < -0.39 is 15.8 Å². The van der Waals surface area contributed by atoms with Crippen molar-refractivity contribution < 1.29 is 23.1 Å². The lowest BCUT2D eigenvalue weighted by Gasteiger charge is -2.30. The fourth-order valence-corrected chi connectivity index (χ4v) is 8.21. The number of rotatable bonds is 8. The summed E-state index contributed by atoms with van der Waals surface area (Å²) in [7, 11) is -3.44. The summed E-state index contributed by atoms with van der Waals surface area (Å²) >= 11 is 0. The monoisotopic (exact) mass is 541 g/mol. The molecule has 6 nitrogen and oxygen atoms in total.